The predicted octanol–water partition coefficient (Wildman–Crippen LogP) is 2.17. The second-order valence-corrected chi connectivity index (χ2v) is 7.17. The number of thioether (sulfide) groups is 1. The molecule has 4 nitrogen and oxygen atoms in total. The van der Waals surface area contributed by atoms with Gasteiger partial charge in [0.25, 0.3) is 0 Å². The fraction of sp³-hybridized carbons (Fsp3) is 0.529. The zero-order valence-corrected chi connectivity index (χ0v) is 13.7. The van der Waals surface area contributed by atoms with Gasteiger partial charge < -0.3 is 9.80 Å². The van der Waals surface area contributed by atoms with E-state index in [9.17, 15) is 9.59 Å². The summed E-state index contributed by atoms with van der Waals surface area (Å²) in [6, 6.07) is 9.82. The second kappa shape index (κ2) is 6.73. The molecular weight excluding hydrogens is 296 g/mol. The van der Waals surface area contributed by atoms with Crippen molar-refractivity contribution in [2.45, 2.75) is 18.9 Å². The summed E-state index contributed by atoms with van der Waals surface area (Å²) in [6.07, 6.45) is 1.13. The highest BCUT2D eigenvalue weighted by Gasteiger charge is 2.40. The molecule has 0 unspecified atom stereocenters. The van der Waals surface area contributed by atoms with Crippen LogP contribution in [0.3, 0.4) is 0 Å². The van der Waals surface area contributed by atoms with E-state index in [4.69, 9.17) is 0 Å². The summed E-state index contributed by atoms with van der Waals surface area (Å²) in [5.41, 5.74) is 1.06. The van der Waals surface area contributed by atoms with Crippen molar-refractivity contribution < 1.29 is 9.59 Å². The van der Waals surface area contributed by atoms with E-state index in [-0.39, 0.29) is 23.8 Å². The lowest BCUT2D eigenvalue weighted by Gasteiger charge is -2.41. The minimum Gasteiger partial charge on any atom is -0.341 e. The molecule has 2 fully saturated rings. The fourth-order valence-corrected chi connectivity index (χ4v) is 4.32. The Labute approximate surface area is 135 Å². The van der Waals surface area contributed by atoms with Crippen LogP contribution >= 0.6 is 11.8 Å². The standard InChI is InChI=1S/C17H22N2O2S/c1-18-15(20)8-7-14(16(18)13-5-3-2-4-6-13)17(21)19-9-11-22-12-10-19/h2-6,14,16H,7-12H2,1H3/t14-,16+/m0/s1. The van der Waals surface area contributed by atoms with E-state index in [0.717, 1.165) is 30.2 Å². The van der Waals surface area contributed by atoms with Crippen molar-refractivity contribution in [2.24, 2.45) is 5.92 Å². The highest BCUT2D eigenvalue weighted by atomic mass is 32.2. The molecule has 0 aliphatic carbocycles. The average Bonchev–Trinajstić information content (AvgIpc) is 2.58. The second-order valence-electron chi connectivity index (χ2n) is 5.94. The number of rotatable bonds is 2. The van der Waals surface area contributed by atoms with Crippen molar-refractivity contribution in [1.29, 1.82) is 0 Å². The Kier molecular flexibility index (Phi) is 4.71. The summed E-state index contributed by atoms with van der Waals surface area (Å²) in [6.45, 7) is 1.67. The quantitative estimate of drug-likeness (QED) is 0.839. The summed E-state index contributed by atoms with van der Waals surface area (Å²) < 4.78 is 0. The van der Waals surface area contributed by atoms with Gasteiger partial charge in [-0.3, -0.25) is 9.59 Å². The maximum Gasteiger partial charge on any atom is 0.228 e. The van der Waals surface area contributed by atoms with Crippen LogP contribution in [-0.4, -0.2) is 53.3 Å². The van der Waals surface area contributed by atoms with Gasteiger partial charge in [-0.05, 0) is 12.0 Å². The molecule has 1 aromatic rings. The first kappa shape index (κ1) is 15.4. The third kappa shape index (κ3) is 3.00. The third-order valence-corrected chi connectivity index (χ3v) is 5.58. The Morgan fingerprint density at radius 1 is 1.18 bits per heavy atom. The van der Waals surface area contributed by atoms with Gasteiger partial charge in [0.1, 0.15) is 0 Å². The predicted molar refractivity (Wildman–Crippen MR) is 88.6 cm³/mol. The monoisotopic (exact) mass is 318 g/mol. The van der Waals surface area contributed by atoms with Gasteiger partial charge in [0, 0.05) is 38.1 Å². The molecule has 2 saturated heterocycles. The van der Waals surface area contributed by atoms with E-state index in [1.54, 1.807) is 4.90 Å². The summed E-state index contributed by atoms with van der Waals surface area (Å²) in [5, 5.41) is 0. The molecule has 2 aliphatic heterocycles. The zero-order valence-electron chi connectivity index (χ0n) is 12.9. The number of carbonyl (C=O) groups excluding carboxylic acids is 2. The third-order valence-electron chi connectivity index (χ3n) is 4.64. The first-order chi connectivity index (χ1) is 10.7. The van der Waals surface area contributed by atoms with E-state index >= 15 is 0 Å². The van der Waals surface area contributed by atoms with Gasteiger partial charge in [0.05, 0.1) is 12.0 Å². The van der Waals surface area contributed by atoms with Gasteiger partial charge in [-0.25, -0.2) is 0 Å². The molecular formula is C17H22N2O2S. The van der Waals surface area contributed by atoms with Crippen molar-refractivity contribution in [2.75, 3.05) is 31.6 Å². The molecule has 0 radical (unpaired) electrons. The minimum absolute atomic E-state index is 0.117. The molecule has 0 N–H and O–H groups in total. The Hall–Kier alpha value is -1.49. The van der Waals surface area contributed by atoms with Gasteiger partial charge in [0.15, 0.2) is 0 Å². The maximum absolute atomic E-state index is 13.0. The van der Waals surface area contributed by atoms with Crippen molar-refractivity contribution in [1.82, 2.24) is 9.80 Å². The van der Waals surface area contributed by atoms with Crippen LogP contribution in [0.15, 0.2) is 30.3 Å². The number of likely N-dealkylation sites (tertiary alicyclic amines) is 1. The molecule has 0 bridgehead atoms. The van der Waals surface area contributed by atoms with Crippen LogP contribution in [0.4, 0.5) is 0 Å². The van der Waals surface area contributed by atoms with Crippen LogP contribution in [0.2, 0.25) is 0 Å². The van der Waals surface area contributed by atoms with Crippen molar-refractivity contribution >= 4 is 23.6 Å². The number of piperidine rings is 1. The summed E-state index contributed by atoms with van der Waals surface area (Å²) in [7, 11) is 1.82. The topological polar surface area (TPSA) is 40.6 Å². The van der Waals surface area contributed by atoms with Crippen molar-refractivity contribution in [3.8, 4) is 0 Å². The summed E-state index contributed by atoms with van der Waals surface area (Å²) >= 11 is 1.90. The molecule has 22 heavy (non-hydrogen) atoms. The lowest BCUT2D eigenvalue weighted by atomic mass is 9.83. The molecule has 2 atom stereocenters. The molecule has 2 aliphatic rings. The number of nitrogens with zero attached hydrogens (tertiary/aromatic N) is 2. The Morgan fingerprint density at radius 2 is 1.86 bits per heavy atom. The van der Waals surface area contributed by atoms with Gasteiger partial charge in [-0.2, -0.15) is 11.8 Å². The number of benzene rings is 1. The van der Waals surface area contributed by atoms with E-state index in [1.807, 2.05) is 54.0 Å². The smallest absolute Gasteiger partial charge is 0.228 e. The number of hydrogen-bond acceptors (Lipinski definition) is 3. The molecule has 0 spiro atoms. The lowest BCUT2D eigenvalue weighted by molar-refractivity contribution is -0.146. The molecule has 0 saturated carbocycles. The Balaban J connectivity index is 1.86. The summed E-state index contributed by atoms with van der Waals surface area (Å²) in [4.78, 5) is 28.8. The van der Waals surface area contributed by atoms with Gasteiger partial charge in [-0.1, -0.05) is 30.3 Å². The van der Waals surface area contributed by atoms with E-state index in [1.165, 1.54) is 0 Å². The maximum atomic E-state index is 13.0. The van der Waals surface area contributed by atoms with Gasteiger partial charge >= 0.3 is 0 Å². The molecule has 1 aromatic carbocycles. The Bertz CT molecular complexity index is 543. The number of hydrogen-bond donors (Lipinski definition) is 0. The van der Waals surface area contributed by atoms with E-state index in [0.29, 0.717) is 12.8 Å². The van der Waals surface area contributed by atoms with Crippen LogP contribution in [0.1, 0.15) is 24.4 Å². The van der Waals surface area contributed by atoms with Crippen molar-refractivity contribution in [3.63, 3.8) is 0 Å². The van der Waals surface area contributed by atoms with Crippen LogP contribution < -0.4 is 0 Å². The average molecular weight is 318 g/mol. The van der Waals surface area contributed by atoms with Crippen LogP contribution in [0, 0.1) is 5.92 Å². The molecule has 2 amide bonds. The van der Waals surface area contributed by atoms with E-state index in [2.05, 4.69) is 0 Å². The zero-order chi connectivity index (χ0) is 15.5. The normalized spacial score (nSPS) is 26.1. The highest BCUT2D eigenvalue weighted by molar-refractivity contribution is 7.99. The van der Waals surface area contributed by atoms with Crippen LogP contribution in [0.25, 0.3) is 0 Å². The lowest BCUT2D eigenvalue weighted by Crippen LogP contribution is -2.49. The first-order valence-corrected chi connectivity index (χ1v) is 9.01. The van der Waals surface area contributed by atoms with Crippen LogP contribution in [-0.2, 0) is 9.59 Å². The van der Waals surface area contributed by atoms with Crippen molar-refractivity contribution in [3.05, 3.63) is 35.9 Å². The van der Waals surface area contributed by atoms with E-state index < -0.39 is 0 Å². The highest BCUT2D eigenvalue weighted by Crippen LogP contribution is 2.37. The van der Waals surface area contributed by atoms with Gasteiger partial charge in [-0.15, -0.1) is 0 Å². The fourth-order valence-electron chi connectivity index (χ4n) is 3.42. The first-order valence-electron chi connectivity index (χ1n) is 7.85. The molecule has 2 heterocycles. The summed E-state index contributed by atoms with van der Waals surface area (Å²) in [5.74, 6) is 2.26. The Morgan fingerprint density at radius 3 is 2.55 bits per heavy atom. The SMILES string of the molecule is CN1C(=O)CC[C@H](C(=O)N2CCSCC2)[C@H]1c1ccccc1. The molecule has 3 rings (SSSR count). The molecule has 118 valence electrons. The number of amides is 2. The number of carbonyl (C=O) groups is 2. The molecule has 5 heteroatoms. The minimum atomic E-state index is -0.135. The van der Waals surface area contributed by atoms with Crippen LogP contribution in [0.5, 0.6) is 0 Å². The van der Waals surface area contributed by atoms with Gasteiger partial charge in [0.2, 0.25) is 11.8 Å². The largest absolute Gasteiger partial charge is 0.341 e. The molecule has 0 aromatic heterocycles.